The minimum atomic E-state index is -3.71. The van der Waals surface area contributed by atoms with E-state index >= 15 is 0 Å². The second-order valence-electron chi connectivity index (χ2n) is 6.51. The van der Waals surface area contributed by atoms with E-state index in [2.05, 4.69) is 4.98 Å². The lowest BCUT2D eigenvalue weighted by Crippen LogP contribution is -2.40. The normalized spacial score (nSPS) is 15.0. The number of morpholine rings is 1. The number of nitrogens with zero attached hydrogens (tertiary/aromatic N) is 3. The van der Waals surface area contributed by atoms with Crippen molar-refractivity contribution in [1.29, 1.82) is 0 Å². The second-order valence-corrected chi connectivity index (χ2v) is 9.28. The van der Waals surface area contributed by atoms with Gasteiger partial charge in [0.25, 0.3) is 0 Å². The number of rotatable bonds is 7. The van der Waals surface area contributed by atoms with Crippen LogP contribution in [-0.2, 0) is 30.9 Å². The van der Waals surface area contributed by atoms with Crippen LogP contribution >= 0.6 is 11.3 Å². The standard InChI is InChI=1S/C19H23N3O6S2/c1-3-22(14(2)23)19-20-16(13-29-19)12-28-18(24)15-5-4-6-17(11-15)30(25,26)21-7-9-27-10-8-21/h4-6,11,13H,3,7-10,12H2,1-2H3. The van der Waals surface area contributed by atoms with E-state index in [0.29, 0.717) is 30.6 Å². The first kappa shape index (κ1) is 22.3. The molecule has 1 amide bonds. The zero-order valence-electron chi connectivity index (χ0n) is 16.7. The lowest BCUT2D eigenvalue weighted by Gasteiger charge is -2.26. The van der Waals surface area contributed by atoms with Crippen molar-refractivity contribution >= 4 is 38.4 Å². The Labute approximate surface area is 179 Å². The summed E-state index contributed by atoms with van der Waals surface area (Å²) >= 11 is 1.29. The number of benzene rings is 1. The topological polar surface area (TPSA) is 106 Å². The van der Waals surface area contributed by atoms with Gasteiger partial charge in [0.1, 0.15) is 6.61 Å². The first-order chi connectivity index (χ1) is 14.3. The predicted molar refractivity (Wildman–Crippen MR) is 111 cm³/mol. The van der Waals surface area contributed by atoms with Gasteiger partial charge in [0.05, 0.1) is 29.4 Å². The summed E-state index contributed by atoms with van der Waals surface area (Å²) in [5.74, 6) is -0.767. The smallest absolute Gasteiger partial charge is 0.338 e. The van der Waals surface area contributed by atoms with Gasteiger partial charge in [-0.15, -0.1) is 11.3 Å². The molecule has 9 nitrogen and oxygen atoms in total. The molecule has 1 aromatic carbocycles. The molecule has 0 radical (unpaired) electrons. The Morgan fingerprint density at radius 3 is 2.70 bits per heavy atom. The number of thiazole rings is 1. The quantitative estimate of drug-likeness (QED) is 0.590. The minimum Gasteiger partial charge on any atom is -0.456 e. The molecule has 3 rings (SSSR count). The molecule has 0 aliphatic carbocycles. The number of esters is 1. The number of carbonyl (C=O) groups excluding carboxylic acids is 2. The van der Waals surface area contributed by atoms with Crippen LogP contribution in [0.1, 0.15) is 29.9 Å². The van der Waals surface area contributed by atoms with Crippen molar-refractivity contribution in [3.05, 3.63) is 40.9 Å². The van der Waals surface area contributed by atoms with Crippen LogP contribution in [0.3, 0.4) is 0 Å². The molecule has 1 aliphatic rings. The molecule has 0 spiro atoms. The molecule has 1 aromatic heterocycles. The van der Waals surface area contributed by atoms with Crippen molar-refractivity contribution in [2.24, 2.45) is 0 Å². The fourth-order valence-electron chi connectivity index (χ4n) is 2.92. The fourth-order valence-corrected chi connectivity index (χ4v) is 5.29. The predicted octanol–water partition coefficient (Wildman–Crippen LogP) is 1.89. The van der Waals surface area contributed by atoms with E-state index in [9.17, 15) is 18.0 Å². The molecule has 162 valence electrons. The Morgan fingerprint density at radius 2 is 2.03 bits per heavy atom. The summed E-state index contributed by atoms with van der Waals surface area (Å²) in [6, 6.07) is 5.78. The number of ether oxygens (including phenoxy) is 2. The molecule has 0 atom stereocenters. The van der Waals surface area contributed by atoms with E-state index in [-0.39, 0.29) is 36.1 Å². The van der Waals surface area contributed by atoms with Gasteiger partial charge in [-0.2, -0.15) is 4.31 Å². The van der Waals surface area contributed by atoms with Crippen LogP contribution in [0.5, 0.6) is 0 Å². The molecule has 30 heavy (non-hydrogen) atoms. The van der Waals surface area contributed by atoms with Crippen molar-refractivity contribution in [2.45, 2.75) is 25.3 Å². The van der Waals surface area contributed by atoms with Crippen LogP contribution in [0.25, 0.3) is 0 Å². The first-order valence-corrected chi connectivity index (χ1v) is 11.7. The Kier molecular flexibility index (Phi) is 7.19. The molecule has 0 bridgehead atoms. The molecule has 0 N–H and O–H groups in total. The third-order valence-electron chi connectivity index (χ3n) is 4.50. The summed E-state index contributed by atoms with van der Waals surface area (Å²) in [5.41, 5.74) is 0.652. The minimum absolute atomic E-state index is 0.0369. The summed E-state index contributed by atoms with van der Waals surface area (Å²) in [6.45, 7) is 4.96. The number of sulfonamides is 1. The molecule has 2 heterocycles. The van der Waals surface area contributed by atoms with Crippen LogP contribution in [0.4, 0.5) is 5.13 Å². The first-order valence-electron chi connectivity index (χ1n) is 9.40. The van der Waals surface area contributed by atoms with Crippen LogP contribution in [-0.4, -0.2) is 62.4 Å². The summed E-state index contributed by atoms with van der Waals surface area (Å²) in [4.78, 5) is 29.9. The van der Waals surface area contributed by atoms with Gasteiger partial charge in [0.2, 0.25) is 15.9 Å². The number of carbonyl (C=O) groups is 2. The number of aromatic nitrogens is 1. The van der Waals surface area contributed by atoms with E-state index < -0.39 is 16.0 Å². The number of anilines is 1. The van der Waals surface area contributed by atoms with Crippen LogP contribution < -0.4 is 4.90 Å². The van der Waals surface area contributed by atoms with Gasteiger partial charge in [0.15, 0.2) is 5.13 Å². The van der Waals surface area contributed by atoms with Crippen molar-refractivity contribution < 1.29 is 27.5 Å². The van der Waals surface area contributed by atoms with Crippen LogP contribution in [0, 0.1) is 0 Å². The van der Waals surface area contributed by atoms with E-state index in [1.54, 1.807) is 5.38 Å². The van der Waals surface area contributed by atoms with Gasteiger partial charge < -0.3 is 9.47 Å². The Hall–Kier alpha value is -2.34. The van der Waals surface area contributed by atoms with Crippen molar-refractivity contribution in [3.63, 3.8) is 0 Å². The molecular formula is C19H23N3O6S2. The average molecular weight is 454 g/mol. The van der Waals surface area contributed by atoms with Crippen LogP contribution in [0.15, 0.2) is 34.5 Å². The van der Waals surface area contributed by atoms with Gasteiger partial charge in [-0.05, 0) is 25.1 Å². The van der Waals surface area contributed by atoms with Gasteiger partial charge >= 0.3 is 5.97 Å². The third-order valence-corrected chi connectivity index (χ3v) is 7.30. The van der Waals surface area contributed by atoms with E-state index in [4.69, 9.17) is 9.47 Å². The maximum atomic E-state index is 12.8. The molecule has 1 saturated heterocycles. The second kappa shape index (κ2) is 9.65. The van der Waals surface area contributed by atoms with Gasteiger partial charge in [-0.1, -0.05) is 6.07 Å². The van der Waals surface area contributed by atoms with E-state index in [0.717, 1.165) is 0 Å². The van der Waals surface area contributed by atoms with E-state index in [1.807, 2.05) is 6.92 Å². The van der Waals surface area contributed by atoms with E-state index in [1.165, 1.54) is 51.7 Å². The molecule has 1 aliphatic heterocycles. The highest BCUT2D eigenvalue weighted by Crippen LogP contribution is 2.22. The molecule has 1 fully saturated rings. The number of amides is 1. The zero-order valence-corrected chi connectivity index (χ0v) is 18.4. The Balaban J connectivity index is 1.67. The molecule has 2 aromatic rings. The third kappa shape index (κ3) is 5.04. The fraction of sp³-hybridized carbons (Fsp3) is 0.421. The monoisotopic (exact) mass is 453 g/mol. The highest BCUT2D eigenvalue weighted by Gasteiger charge is 2.27. The Morgan fingerprint density at radius 1 is 1.30 bits per heavy atom. The highest BCUT2D eigenvalue weighted by molar-refractivity contribution is 7.89. The Bertz CT molecular complexity index is 1010. The summed E-state index contributed by atoms with van der Waals surface area (Å²) in [5, 5.41) is 2.25. The number of hydrogen-bond donors (Lipinski definition) is 0. The maximum Gasteiger partial charge on any atom is 0.338 e. The van der Waals surface area contributed by atoms with Gasteiger partial charge in [0, 0.05) is 31.9 Å². The van der Waals surface area contributed by atoms with Crippen LogP contribution in [0.2, 0.25) is 0 Å². The zero-order chi connectivity index (χ0) is 21.7. The number of hydrogen-bond acceptors (Lipinski definition) is 8. The molecule has 0 unspecified atom stereocenters. The summed E-state index contributed by atoms with van der Waals surface area (Å²) in [7, 11) is -3.71. The largest absolute Gasteiger partial charge is 0.456 e. The lowest BCUT2D eigenvalue weighted by molar-refractivity contribution is -0.116. The lowest BCUT2D eigenvalue weighted by atomic mass is 10.2. The molecule has 11 heteroatoms. The highest BCUT2D eigenvalue weighted by atomic mass is 32.2. The summed E-state index contributed by atoms with van der Waals surface area (Å²) in [6.07, 6.45) is 0. The van der Waals surface area contributed by atoms with Gasteiger partial charge in [-0.25, -0.2) is 18.2 Å². The molecular weight excluding hydrogens is 430 g/mol. The maximum absolute atomic E-state index is 12.8. The molecule has 0 saturated carbocycles. The average Bonchev–Trinajstić information content (AvgIpc) is 3.21. The van der Waals surface area contributed by atoms with Gasteiger partial charge in [-0.3, -0.25) is 9.69 Å². The van der Waals surface area contributed by atoms with Crippen molar-refractivity contribution in [1.82, 2.24) is 9.29 Å². The summed E-state index contributed by atoms with van der Waals surface area (Å²) < 4.78 is 37.4. The van der Waals surface area contributed by atoms with Crippen molar-refractivity contribution in [2.75, 3.05) is 37.7 Å². The van der Waals surface area contributed by atoms with Crippen molar-refractivity contribution in [3.8, 4) is 0 Å². The SMILES string of the molecule is CCN(C(C)=O)c1nc(COC(=O)c2cccc(S(=O)(=O)N3CCOCC3)c2)cs1.